The van der Waals surface area contributed by atoms with Crippen molar-refractivity contribution in [2.24, 2.45) is 23.3 Å². The zero-order valence-electron chi connectivity index (χ0n) is 16.5. The number of fused-ring (bicyclic) bond motifs is 1. The number of hydrogen-bond acceptors (Lipinski definition) is 5. The number of benzene rings is 1. The molecule has 0 aliphatic rings. The number of carbonyl (C=O) groups excluding carboxylic acids is 2. The van der Waals surface area contributed by atoms with Crippen LogP contribution in [0.2, 0.25) is 0 Å². The number of nitrogens with one attached hydrogen (secondary N) is 1. The molecule has 27 heavy (non-hydrogen) atoms. The summed E-state index contributed by atoms with van der Waals surface area (Å²) in [6.07, 6.45) is 1.09. The number of carbonyl (C=O) groups is 2. The molecule has 0 aliphatic heterocycles. The van der Waals surface area contributed by atoms with E-state index in [1.807, 2.05) is 19.9 Å². The van der Waals surface area contributed by atoms with Gasteiger partial charge in [-0.25, -0.2) is 4.98 Å². The zero-order valence-corrected chi connectivity index (χ0v) is 17.3. The van der Waals surface area contributed by atoms with Crippen molar-refractivity contribution in [3.63, 3.8) is 0 Å². The molecule has 148 valence electrons. The number of amides is 2. The Morgan fingerprint density at radius 1 is 1.26 bits per heavy atom. The van der Waals surface area contributed by atoms with E-state index in [4.69, 9.17) is 11.5 Å². The van der Waals surface area contributed by atoms with Crippen molar-refractivity contribution in [2.75, 3.05) is 6.54 Å². The van der Waals surface area contributed by atoms with Crippen molar-refractivity contribution < 1.29 is 9.59 Å². The highest BCUT2D eigenvalue weighted by atomic mass is 32.1. The second-order valence-electron chi connectivity index (χ2n) is 7.38. The summed E-state index contributed by atoms with van der Waals surface area (Å²) >= 11 is 1.50. The molecule has 2 rings (SSSR count). The third-order valence-electron chi connectivity index (χ3n) is 5.07. The molecule has 0 bridgehead atoms. The van der Waals surface area contributed by atoms with E-state index in [0.717, 1.165) is 21.6 Å². The average Bonchev–Trinajstić information content (AvgIpc) is 3.04. The normalized spacial score (nSPS) is 14.9. The molecule has 0 saturated carbocycles. The molecule has 1 aromatic carbocycles. The van der Waals surface area contributed by atoms with Crippen LogP contribution in [0, 0.1) is 11.8 Å². The van der Waals surface area contributed by atoms with Crippen LogP contribution in [0.4, 0.5) is 0 Å². The first-order valence-electron chi connectivity index (χ1n) is 9.45. The molecule has 1 aromatic heterocycles. The monoisotopic (exact) mass is 390 g/mol. The fraction of sp³-hybridized carbons (Fsp3) is 0.550. The molecule has 5 N–H and O–H groups in total. The van der Waals surface area contributed by atoms with Crippen molar-refractivity contribution >= 4 is 33.4 Å². The molecule has 0 radical (unpaired) electrons. The van der Waals surface area contributed by atoms with Gasteiger partial charge < -0.3 is 16.8 Å². The van der Waals surface area contributed by atoms with E-state index >= 15 is 0 Å². The summed E-state index contributed by atoms with van der Waals surface area (Å²) < 4.78 is 1.05. The molecule has 2 amide bonds. The molecule has 6 nitrogen and oxygen atoms in total. The Bertz CT molecular complexity index is 802. The number of thiazole rings is 1. The van der Waals surface area contributed by atoms with E-state index in [0.29, 0.717) is 12.5 Å². The number of nitrogens with two attached hydrogens (primary N) is 2. The van der Waals surface area contributed by atoms with Gasteiger partial charge in [0.1, 0.15) is 5.92 Å². The van der Waals surface area contributed by atoms with Crippen LogP contribution in [-0.4, -0.2) is 29.4 Å². The summed E-state index contributed by atoms with van der Waals surface area (Å²) in [6, 6.07) is 5.99. The fourth-order valence-corrected chi connectivity index (χ4v) is 3.99. The van der Waals surface area contributed by atoms with Gasteiger partial charge in [-0.1, -0.05) is 40.2 Å². The third-order valence-corrected chi connectivity index (χ3v) is 6.12. The molecule has 7 heteroatoms. The standard InChI is InChI=1S/C20H30N4O2S/c1-5-12(4)16(10-21)24-20(26)14(19(22)25)9-18-23-15-7-6-13(11(2)3)8-17(15)27-18/h6-8,11-12,14,16H,5,9-10,21H2,1-4H3,(H2,22,25)(H,24,26)/t12-,14-,16+/m0/s1. The van der Waals surface area contributed by atoms with Crippen molar-refractivity contribution in [3.8, 4) is 0 Å². The van der Waals surface area contributed by atoms with Crippen LogP contribution in [0.1, 0.15) is 50.6 Å². The van der Waals surface area contributed by atoms with Gasteiger partial charge in [-0.15, -0.1) is 11.3 Å². The minimum Gasteiger partial charge on any atom is -0.369 e. The van der Waals surface area contributed by atoms with Crippen molar-refractivity contribution in [3.05, 3.63) is 28.8 Å². The van der Waals surface area contributed by atoms with E-state index in [2.05, 4.69) is 36.3 Å². The smallest absolute Gasteiger partial charge is 0.233 e. The van der Waals surface area contributed by atoms with Gasteiger partial charge in [0.05, 0.1) is 15.2 Å². The van der Waals surface area contributed by atoms with Crippen LogP contribution in [0.15, 0.2) is 18.2 Å². The Labute approximate surface area is 164 Å². The van der Waals surface area contributed by atoms with Gasteiger partial charge in [-0.3, -0.25) is 9.59 Å². The summed E-state index contributed by atoms with van der Waals surface area (Å²) in [5, 5.41) is 3.62. The van der Waals surface area contributed by atoms with Gasteiger partial charge in [0.15, 0.2) is 0 Å². The Morgan fingerprint density at radius 2 is 1.96 bits per heavy atom. The first-order chi connectivity index (χ1) is 12.8. The molecule has 3 atom stereocenters. The number of rotatable bonds is 9. The first-order valence-corrected chi connectivity index (χ1v) is 10.3. The molecular formula is C20H30N4O2S. The van der Waals surface area contributed by atoms with Crippen LogP contribution in [-0.2, 0) is 16.0 Å². The minimum absolute atomic E-state index is 0.173. The fourth-order valence-electron chi connectivity index (χ4n) is 2.93. The van der Waals surface area contributed by atoms with Crippen LogP contribution >= 0.6 is 11.3 Å². The maximum Gasteiger partial charge on any atom is 0.233 e. The second kappa shape index (κ2) is 9.28. The van der Waals surface area contributed by atoms with Gasteiger partial charge in [0.2, 0.25) is 11.8 Å². The Kier molecular flexibility index (Phi) is 7.33. The highest BCUT2D eigenvalue weighted by Crippen LogP contribution is 2.27. The topological polar surface area (TPSA) is 111 Å². The van der Waals surface area contributed by atoms with Crippen molar-refractivity contribution in [2.45, 2.75) is 52.5 Å². The van der Waals surface area contributed by atoms with Crippen LogP contribution < -0.4 is 16.8 Å². The maximum absolute atomic E-state index is 12.6. The van der Waals surface area contributed by atoms with Crippen LogP contribution in [0.5, 0.6) is 0 Å². The van der Waals surface area contributed by atoms with Gasteiger partial charge in [0.25, 0.3) is 0 Å². The van der Waals surface area contributed by atoms with Gasteiger partial charge >= 0.3 is 0 Å². The predicted molar refractivity (Wildman–Crippen MR) is 111 cm³/mol. The average molecular weight is 391 g/mol. The summed E-state index contributed by atoms with van der Waals surface area (Å²) in [7, 11) is 0. The predicted octanol–water partition coefficient (Wildman–Crippen LogP) is 2.55. The largest absolute Gasteiger partial charge is 0.369 e. The lowest BCUT2D eigenvalue weighted by molar-refractivity contribution is -0.134. The van der Waals surface area contributed by atoms with Crippen molar-refractivity contribution in [1.29, 1.82) is 0 Å². The zero-order chi connectivity index (χ0) is 20.1. The molecule has 0 spiro atoms. The van der Waals surface area contributed by atoms with E-state index in [9.17, 15) is 9.59 Å². The number of primary amides is 1. The number of nitrogens with zero attached hydrogens (tertiary/aromatic N) is 1. The lowest BCUT2D eigenvalue weighted by Crippen LogP contribution is -2.49. The Balaban J connectivity index is 2.19. The molecule has 0 fully saturated rings. The van der Waals surface area contributed by atoms with Gasteiger partial charge in [-0.2, -0.15) is 0 Å². The van der Waals surface area contributed by atoms with Crippen LogP contribution in [0.3, 0.4) is 0 Å². The summed E-state index contributed by atoms with van der Waals surface area (Å²) in [5.74, 6) is -1.31. The molecule has 0 aliphatic carbocycles. The van der Waals surface area contributed by atoms with Gasteiger partial charge in [0, 0.05) is 19.0 Å². The van der Waals surface area contributed by atoms with E-state index in [1.54, 1.807) is 0 Å². The Morgan fingerprint density at radius 3 is 2.52 bits per heavy atom. The summed E-state index contributed by atoms with van der Waals surface area (Å²) in [5.41, 5.74) is 13.4. The summed E-state index contributed by atoms with van der Waals surface area (Å²) in [6.45, 7) is 8.67. The quantitative estimate of drug-likeness (QED) is 0.571. The lowest BCUT2D eigenvalue weighted by atomic mass is 9.97. The minimum atomic E-state index is -0.951. The first kappa shape index (κ1) is 21.3. The Hall–Kier alpha value is -1.99. The van der Waals surface area contributed by atoms with Gasteiger partial charge in [-0.05, 0) is 29.5 Å². The lowest BCUT2D eigenvalue weighted by Gasteiger charge is -2.24. The van der Waals surface area contributed by atoms with E-state index in [-0.39, 0.29) is 24.3 Å². The molecule has 0 saturated heterocycles. The highest BCUT2D eigenvalue weighted by Gasteiger charge is 2.29. The molecule has 2 aromatic rings. The molecular weight excluding hydrogens is 360 g/mol. The highest BCUT2D eigenvalue weighted by molar-refractivity contribution is 7.18. The van der Waals surface area contributed by atoms with Crippen molar-refractivity contribution in [1.82, 2.24) is 10.3 Å². The molecule has 0 unspecified atom stereocenters. The summed E-state index contributed by atoms with van der Waals surface area (Å²) in [4.78, 5) is 29.1. The second-order valence-corrected chi connectivity index (χ2v) is 8.50. The number of aromatic nitrogens is 1. The molecule has 1 heterocycles. The van der Waals surface area contributed by atoms with E-state index < -0.39 is 11.8 Å². The SMILES string of the molecule is CC[C@H](C)[C@@H](CN)NC(=O)[C@@H](Cc1nc2ccc(C(C)C)cc2s1)C(N)=O. The van der Waals surface area contributed by atoms with E-state index in [1.165, 1.54) is 16.9 Å². The van der Waals surface area contributed by atoms with Crippen LogP contribution in [0.25, 0.3) is 10.2 Å². The third kappa shape index (κ3) is 5.26. The number of hydrogen-bond donors (Lipinski definition) is 3. The maximum atomic E-state index is 12.6.